The molecule has 0 spiro atoms. The fourth-order valence-corrected chi connectivity index (χ4v) is 5.01. The number of aromatic nitrogens is 4. The summed E-state index contributed by atoms with van der Waals surface area (Å²) in [5.41, 5.74) is 1.79. The van der Waals surface area contributed by atoms with Gasteiger partial charge in [-0.2, -0.15) is 5.10 Å². The van der Waals surface area contributed by atoms with Crippen LogP contribution in [-0.2, 0) is 4.74 Å². The van der Waals surface area contributed by atoms with Crippen molar-refractivity contribution in [2.45, 2.75) is 49.9 Å². The molecule has 9 nitrogen and oxygen atoms in total. The average Bonchev–Trinajstić information content (AvgIpc) is 3.54. The van der Waals surface area contributed by atoms with Gasteiger partial charge in [-0.1, -0.05) is 12.1 Å². The van der Waals surface area contributed by atoms with Crippen molar-refractivity contribution in [2.75, 3.05) is 38.3 Å². The fourth-order valence-electron chi connectivity index (χ4n) is 5.01. The lowest BCUT2D eigenvalue weighted by Crippen LogP contribution is -2.46. The Hall–Kier alpha value is -2.75. The number of nitrogens with one attached hydrogen (secondary N) is 1. The van der Waals surface area contributed by atoms with Gasteiger partial charge in [0.05, 0.1) is 42.9 Å². The first-order valence-electron chi connectivity index (χ1n) is 11.9. The summed E-state index contributed by atoms with van der Waals surface area (Å²) in [4.78, 5) is 12.5. The van der Waals surface area contributed by atoms with Gasteiger partial charge >= 0.3 is 0 Å². The van der Waals surface area contributed by atoms with E-state index in [4.69, 9.17) is 24.5 Å². The number of morpholine rings is 1. The van der Waals surface area contributed by atoms with Gasteiger partial charge in [-0.3, -0.25) is 0 Å². The predicted octanol–water partition coefficient (Wildman–Crippen LogP) is 2.15. The molecule has 1 saturated carbocycles. The van der Waals surface area contributed by atoms with Crippen molar-refractivity contribution in [3.8, 4) is 17.1 Å². The van der Waals surface area contributed by atoms with Crippen LogP contribution in [0.25, 0.3) is 22.4 Å². The zero-order chi connectivity index (χ0) is 22.4. The Bertz CT molecular complexity index is 1130. The third-order valence-corrected chi connectivity index (χ3v) is 6.79. The Balaban J connectivity index is 1.39. The minimum atomic E-state index is -0.567. The number of aliphatic hydroxyl groups excluding tert-OH is 1. The van der Waals surface area contributed by atoms with Crippen LogP contribution >= 0.6 is 0 Å². The van der Waals surface area contributed by atoms with E-state index >= 15 is 0 Å². The molecule has 2 N–H and O–H groups in total. The van der Waals surface area contributed by atoms with Crippen LogP contribution in [0, 0.1) is 0 Å². The van der Waals surface area contributed by atoms with Gasteiger partial charge in [0, 0.05) is 12.1 Å². The molecule has 1 aromatic carbocycles. The summed E-state index contributed by atoms with van der Waals surface area (Å²) in [7, 11) is 1.81. The third-order valence-electron chi connectivity index (χ3n) is 6.79. The van der Waals surface area contributed by atoms with Crippen molar-refractivity contribution in [3.63, 3.8) is 0 Å². The molecule has 2 bridgehead atoms. The molecule has 3 aliphatic rings. The highest BCUT2D eigenvalue weighted by Gasteiger charge is 2.40. The molecule has 174 valence electrons. The predicted molar refractivity (Wildman–Crippen MR) is 125 cm³/mol. The normalized spacial score (nSPS) is 23.3. The van der Waals surface area contributed by atoms with Gasteiger partial charge in [0.1, 0.15) is 24.3 Å². The highest BCUT2D eigenvalue weighted by Crippen LogP contribution is 2.41. The fraction of sp³-hybridized carbons (Fsp3) is 0.542. The number of nitrogens with zero attached hydrogens (tertiary/aromatic N) is 5. The third kappa shape index (κ3) is 3.94. The number of benzene rings is 1. The Kier molecular flexibility index (Phi) is 5.40. The molecule has 1 aliphatic carbocycles. The van der Waals surface area contributed by atoms with E-state index in [1.165, 1.54) is 0 Å². The first-order chi connectivity index (χ1) is 16.2. The molecule has 0 amide bonds. The Labute approximate surface area is 192 Å². The van der Waals surface area contributed by atoms with E-state index in [0.717, 1.165) is 61.3 Å². The molecule has 33 heavy (non-hydrogen) atoms. The molecule has 3 atom stereocenters. The average molecular weight is 451 g/mol. The SMILES string of the molecule is CNCC(O)COc1cccc(-c2nc(N3[C@@H]4CC[C@H]3COC4)c3cnn(C4CC4)c3n2)c1. The molecular formula is C24H30N6O3. The Morgan fingerprint density at radius 2 is 1.94 bits per heavy atom. The molecule has 2 aromatic heterocycles. The highest BCUT2D eigenvalue weighted by atomic mass is 16.5. The topological polar surface area (TPSA) is 97.6 Å². The zero-order valence-electron chi connectivity index (χ0n) is 18.9. The minimum absolute atomic E-state index is 0.223. The van der Waals surface area contributed by atoms with E-state index in [2.05, 4.69) is 14.9 Å². The molecule has 2 aliphatic heterocycles. The molecule has 6 rings (SSSR count). The summed E-state index contributed by atoms with van der Waals surface area (Å²) in [6, 6.07) is 8.92. The van der Waals surface area contributed by atoms with Crippen molar-refractivity contribution in [2.24, 2.45) is 0 Å². The smallest absolute Gasteiger partial charge is 0.164 e. The van der Waals surface area contributed by atoms with Crippen LogP contribution in [0.2, 0.25) is 0 Å². The number of aliphatic hydroxyl groups is 1. The van der Waals surface area contributed by atoms with Gasteiger partial charge in [0.15, 0.2) is 11.5 Å². The van der Waals surface area contributed by atoms with Crippen molar-refractivity contribution in [3.05, 3.63) is 30.5 Å². The number of ether oxygens (including phenoxy) is 2. The molecule has 9 heteroatoms. The Morgan fingerprint density at radius 1 is 1.15 bits per heavy atom. The maximum absolute atomic E-state index is 9.98. The van der Waals surface area contributed by atoms with Gasteiger partial charge in [-0.05, 0) is 44.9 Å². The van der Waals surface area contributed by atoms with Gasteiger partial charge in [-0.25, -0.2) is 14.6 Å². The van der Waals surface area contributed by atoms with Crippen molar-refractivity contribution >= 4 is 16.9 Å². The first kappa shape index (κ1) is 20.8. The van der Waals surface area contributed by atoms with Crippen LogP contribution in [0.3, 0.4) is 0 Å². The number of anilines is 1. The van der Waals surface area contributed by atoms with E-state index in [1.54, 1.807) is 0 Å². The highest BCUT2D eigenvalue weighted by molar-refractivity contribution is 5.89. The van der Waals surface area contributed by atoms with E-state index in [1.807, 2.05) is 37.5 Å². The lowest BCUT2D eigenvalue weighted by atomic mass is 10.2. The minimum Gasteiger partial charge on any atom is -0.491 e. The molecule has 2 saturated heterocycles. The van der Waals surface area contributed by atoms with Crippen LogP contribution in [0.5, 0.6) is 5.75 Å². The summed E-state index contributed by atoms with van der Waals surface area (Å²) in [6.07, 6.45) is 5.91. The van der Waals surface area contributed by atoms with Crippen LogP contribution in [0.4, 0.5) is 5.82 Å². The lowest BCUT2D eigenvalue weighted by Gasteiger charge is -2.36. The van der Waals surface area contributed by atoms with Crippen molar-refractivity contribution < 1.29 is 14.6 Å². The van der Waals surface area contributed by atoms with Crippen LogP contribution in [-0.4, -0.2) is 76.5 Å². The first-order valence-corrected chi connectivity index (χ1v) is 11.9. The number of hydrogen-bond donors (Lipinski definition) is 2. The van der Waals surface area contributed by atoms with E-state index in [-0.39, 0.29) is 6.61 Å². The second-order valence-corrected chi connectivity index (χ2v) is 9.31. The van der Waals surface area contributed by atoms with Crippen molar-refractivity contribution in [1.29, 1.82) is 0 Å². The van der Waals surface area contributed by atoms with Gasteiger partial charge in [-0.15, -0.1) is 0 Å². The van der Waals surface area contributed by atoms with Crippen molar-refractivity contribution in [1.82, 2.24) is 25.1 Å². The van der Waals surface area contributed by atoms with Crippen LogP contribution in [0.1, 0.15) is 31.7 Å². The Morgan fingerprint density at radius 3 is 2.70 bits per heavy atom. The molecule has 3 fully saturated rings. The second-order valence-electron chi connectivity index (χ2n) is 9.31. The summed E-state index contributed by atoms with van der Waals surface area (Å²) in [5.74, 6) is 2.33. The number of hydrogen-bond acceptors (Lipinski definition) is 8. The van der Waals surface area contributed by atoms with E-state index < -0.39 is 6.10 Å². The van der Waals surface area contributed by atoms with E-state index in [9.17, 15) is 5.11 Å². The second kappa shape index (κ2) is 8.55. The number of rotatable bonds is 8. The molecule has 1 unspecified atom stereocenters. The molecule has 4 heterocycles. The monoisotopic (exact) mass is 450 g/mol. The summed E-state index contributed by atoms with van der Waals surface area (Å²) in [5, 5.41) is 18.7. The molecule has 3 aromatic rings. The summed E-state index contributed by atoms with van der Waals surface area (Å²) in [6.45, 7) is 2.19. The van der Waals surface area contributed by atoms with Gasteiger partial charge in [0.25, 0.3) is 0 Å². The zero-order valence-corrected chi connectivity index (χ0v) is 18.9. The maximum Gasteiger partial charge on any atom is 0.164 e. The largest absolute Gasteiger partial charge is 0.491 e. The summed E-state index contributed by atoms with van der Waals surface area (Å²) >= 11 is 0. The lowest BCUT2D eigenvalue weighted by molar-refractivity contribution is 0.0904. The van der Waals surface area contributed by atoms with Gasteiger partial charge < -0.3 is 24.8 Å². The van der Waals surface area contributed by atoms with Crippen LogP contribution in [0.15, 0.2) is 30.5 Å². The number of fused-ring (bicyclic) bond motifs is 3. The van der Waals surface area contributed by atoms with Crippen LogP contribution < -0.4 is 15.0 Å². The quantitative estimate of drug-likeness (QED) is 0.539. The maximum atomic E-state index is 9.98. The standard InChI is InChI=1S/C24H30N6O3/c1-25-10-19(31)14-33-20-4-2-3-15(9-20)22-27-23(29-17-7-8-18(29)13-32-12-17)21-11-26-30(16-5-6-16)24(21)28-22/h2-4,9,11,16-19,25,31H,5-8,10,12-14H2,1H3/t17-,18+,19?. The summed E-state index contributed by atoms with van der Waals surface area (Å²) < 4.78 is 13.7. The van der Waals surface area contributed by atoms with E-state index in [0.29, 0.717) is 36.2 Å². The van der Waals surface area contributed by atoms with Gasteiger partial charge in [0.2, 0.25) is 0 Å². The molecular weight excluding hydrogens is 420 g/mol. The number of likely N-dealkylation sites (N-methyl/N-ethyl adjacent to an activating group) is 1. The molecule has 0 radical (unpaired) electrons.